The molecule has 5 rings (SSSR count). The summed E-state index contributed by atoms with van der Waals surface area (Å²) in [5.74, 6) is -0.104. The summed E-state index contributed by atoms with van der Waals surface area (Å²) in [6, 6.07) is 13.0. The lowest BCUT2D eigenvalue weighted by molar-refractivity contribution is -0.207. The number of alkyl halides is 3. The van der Waals surface area contributed by atoms with E-state index in [9.17, 15) is 27.9 Å². The molecular formula is C28H27ClF3N7O3. The van der Waals surface area contributed by atoms with Gasteiger partial charge in [0, 0.05) is 23.7 Å². The van der Waals surface area contributed by atoms with Gasteiger partial charge in [0.2, 0.25) is 0 Å². The molecule has 0 saturated heterocycles. The second-order valence-electron chi connectivity index (χ2n) is 10.1. The van der Waals surface area contributed by atoms with Gasteiger partial charge in [-0.05, 0) is 56.7 Å². The molecule has 4 aromatic rings. The van der Waals surface area contributed by atoms with Crippen LogP contribution in [0.5, 0.6) is 0 Å². The average molecular weight is 602 g/mol. The van der Waals surface area contributed by atoms with E-state index in [0.717, 1.165) is 21.2 Å². The van der Waals surface area contributed by atoms with E-state index in [1.807, 2.05) is 6.92 Å². The molecule has 1 N–H and O–H groups in total. The minimum Gasteiger partial charge on any atom is -0.382 e. The van der Waals surface area contributed by atoms with Crippen LogP contribution in [0.25, 0.3) is 17.1 Å². The van der Waals surface area contributed by atoms with Crippen molar-refractivity contribution in [1.29, 1.82) is 0 Å². The third-order valence-corrected chi connectivity index (χ3v) is 7.42. The Hall–Kier alpha value is -4.23. The van der Waals surface area contributed by atoms with Gasteiger partial charge in [-0.3, -0.25) is 9.36 Å². The molecule has 0 saturated carbocycles. The fourth-order valence-corrected chi connectivity index (χ4v) is 4.76. The summed E-state index contributed by atoms with van der Waals surface area (Å²) in [4.78, 5) is 32.6. The smallest absolute Gasteiger partial charge is 0.382 e. The van der Waals surface area contributed by atoms with Gasteiger partial charge in [-0.1, -0.05) is 34.9 Å². The molecule has 1 aliphatic rings. The molecule has 220 valence electrons. The third-order valence-electron chi connectivity index (χ3n) is 7.17. The number of amides is 1. The van der Waals surface area contributed by atoms with Crippen LogP contribution in [0.4, 0.5) is 13.2 Å². The van der Waals surface area contributed by atoms with Gasteiger partial charge < -0.3 is 10.0 Å². The minimum absolute atomic E-state index is 0.0866. The lowest BCUT2D eigenvalue weighted by atomic mass is 10.0. The van der Waals surface area contributed by atoms with E-state index in [1.54, 1.807) is 29.2 Å². The van der Waals surface area contributed by atoms with Crippen LogP contribution < -0.4 is 5.69 Å². The number of nitrogens with zero attached hydrogens (tertiary/aromatic N) is 7. The second-order valence-corrected chi connectivity index (χ2v) is 10.5. The van der Waals surface area contributed by atoms with Crippen molar-refractivity contribution in [2.24, 2.45) is 0 Å². The van der Waals surface area contributed by atoms with Crippen molar-refractivity contribution in [2.45, 2.75) is 45.6 Å². The Morgan fingerprint density at radius 1 is 1.07 bits per heavy atom. The van der Waals surface area contributed by atoms with E-state index in [2.05, 4.69) is 22.1 Å². The Bertz CT molecular complexity index is 1710. The number of hydrogen-bond acceptors (Lipinski definition) is 6. The quantitative estimate of drug-likeness (QED) is 0.319. The van der Waals surface area contributed by atoms with Crippen molar-refractivity contribution in [3.8, 4) is 17.1 Å². The summed E-state index contributed by atoms with van der Waals surface area (Å²) in [6.07, 6.45) is -5.53. The molecule has 1 amide bonds. The van der Waals surface area contributed by atoms with Crippen LogP contribution in [-0.2, 0) is 13.1 Å². The minimum atomic E-state index is -4.94. The molecule has 3 heterocycles. The zero-order valence-electron chi connectivity index (χ0n) is 22.7. The number of hydrogen-bond donors (Lipinski definition) is 1. The maximum Gasteiger partial charge on any atom is 0.416 e. The zero-order valence-corrected chi connectivity index (χ0v) is 23.5. The summed E-state index contributed by atoms with van der Waals surface area (Å²) >= 11 is 5.94. The zero-order chi connectivity index (χ0) is 30.2. The van der Waals surface area contributed by atoms with E-state index < -0.39 is 24.5 Å². The first-order valence-corrected chi connectivity index (χ1v) is 13.4. The molecule has 0 fully saturated rings. The molecule has 2 aromatic heterocycles. The highest BCUT2D eigenvalue weighted by atomic mass is 35.5. The maximum atomic E-state index is 13.4. The summed E-state index contributed by atoms with van der Waals surface area (Å²) < 4.78 is 42.6. The standard InChI is InChI=1S/C28H27ClF3N7O3/c1-17-11-12-36(13-18(17)2)26(41)21-5-3-4-6-22(21)39-16-33-24(34-39)15-38-27(42)37(14-23(40)28(30,31)32)25(35-38)19-7-9-20(29)10-8-19/h3-10,16,23,40H,11-15H2,1-2H3/t23-/m0/s1. The van der Waals surface area contributed by atoms with E-state index in [-0.39, 0.29) is 24.1 Å². The molecule has 0 radical (unpaired) electrons. The Morgan fingerprint density at radius 3 is 2.48 bits per heavy atom. The van der Waals surface area contributed by atoms with Crippen LogP contribution in [0.2, 0.25) is 5.02 Å². The maximum absolute atomic E-state index is 13.4. The highest BCUT2D eigenvalue weighted by Gasteiger charge is 2.39. The molecule has 1 aliphatic heterocycles. The van der Waals surface area contributed by atoms with Gasteiger partial charge in [-0.25, -0.2) is 19.1 Å². The van der Waals surface area contributed by atoms with Crippen LogP contribution in [0, 0.1) is 0 Å². The van der Waals surface area contributed by atoms with Crippen LogP contribution in [0.1, 0.15) is 36.5 Å². The van der Waals surface area contributed by atoms with Gasteiger partial charge in [0.25, 0.3) is 5.91 Å². The number of aliphatic hydroxyl groups excluding tert-OH is 1. The van der Waals surface area contributed by atoms with Gasteiger partial charge in [0.15, 0.2) is 17.8 Å². The van der Waals surface area contributed by atoms with Crippen molar-refractivity contribution < 1.29 is 23.1 Å². The normalized spacial score (nSPS) is 14.9. The molecule has 0 unspecified atom stereocenters. The van der Waals surface area contributed by atoms with Gasteiger partial charge >= 0.3 is 11.9 Å². The monoisotopic (exact) mass is 601 g/mol. The van der Waals surface area contributed by atoms with Gasteiger partial charge in [-0.15, -0.1) is 10.2 Å². The fourth-order valence-electron chi connectivity index (χ4n) is 4.63. The fraction of sp³-hybridized carbons (Fsp3) is 0.321. The number of carbonyl (C=O) groups excluding carboxylic acids is 1. The first-order valence-electron chi connectivity index (χ1n) is 13.0. The topological polar surface area (TPSA) is 111 Å². The molecule has 2 aromatic carbocycles. The van der Waals surface area contributed by atoms with Crippen LogP contribution in [0.15, 0.2) is 70.8 Å². The van der Waals surface area contributed by atoms with Crippen molar-refractivity contribution in [3.05, 3.63) is 92.9 Å². The molecule has 0 aliphatic carbocycles. The number of carbonyl (C=O) groups is 1. The number of para-hydroxylation sites is 1. The second kappa shape index (κ2) is 11.6. The molecule has 0 spiro atoms. The Morgan fingerprint density at radius 2 is 1.79 bits per heavy atom. The van der Waals surface area contributed by atoms with E-state index in [1.165, 1.54) is 40.8 Å². The molecule has 1 atom stereocenters. The van der Waals surface area contributed by atoms with Crippen LogP contribution in [0.3, 0.4) is 0 Å². The number of halogens is 4. The summed E-state index contributed by atoms with van der Waals surface area (Å²) in [7, 11) is 0. The van der Waals surface area contributed by atoms with Crippen molar-refractivity contribution >= 4 is 17.5 Å². The molecular weight excluding hydrogens is 575 g/mol. The van der Waals surface area contributed by atoms with E-state index >= 15 is 0 Å². The largest absolute Gasteiger partial charge is 0.416 e. The summed E-state index contributed by atoms with van der Waals surface area (Å²) in [6.45, 7) is 3.88. The van der Waals surface area contributed by atoms with Gasteiger partial charge in [-0.2, -0.15) is 13.2 Å². The third kappa shape index (κ3) is 6.02. The molecule has 0 bridgehead atoms. The van der Waals surface area contributed by atoms with Crippen molar-refractivity contribution in [1.82, 2.24) is 34.0 Å². The number of aromatic nitrogens is 6. The van der Waals surface area contributed by atoms with E-state index in [0.29, 0.717) is 34.9 Å². The van der Waals surface area contributed by atoms with Crippen molar-refractivity contribution in [2.75, 3.05) is 13.1 Å². The average Bonchev–Trinajstić information content (AvgIpc) is 3.54. The Kier molecular flexibility index (Phi) is 8.06. The SMILES string of the molecule is CC1=C(C)CN(C(=O)c2ccccc2-n2cnc(Cn3nc(-c4ccc(Cl)cc4)n(C[C@H](O)C(F)(F)F)c3=O)n2)CC1. The predicted octanol–water partition coefficient (Wildman–Crippen LogP) is 4.10. The van der Waals surface area contributed by atoms with E-state index in [4.69, 9.17) is 11.6 Å². The van der Waals surface area contributed by atoms with Crippen LogP contribution >= 0.6 is 11.6 Å². The Labute approximate surface area is 243 Å². The number of aliphatic hydroxyl groups is 1. The number of benzene rings is 2. The first kappa shape index (κ1) is 29.3. The summed E-state index contributed by atoms with van der Waals surface area (Å²) in [5, 5.41) is 18.7. The molecule has 14 heteroatoms. The molecule has 10 nitrogen and oxygen atoms in total. The molecule has 42 heavy (non-hydrogen) atoms. The first-order chi connectivity index (χ1) is 19.9. The highest BCUT2D eigenvalue weighted by Crippen LogP contribution is 2.25. The van der Waals surface area contributed by atoms with Gasteiger partial charge in [0.1, 0.15) is 12.9 Å². The van der Waals surface area contributed by atoms with Gasteiger partial charge in [0.05, 0.1) is 17.8 Å². The lowest BCUT2D eigenvalue weighted by Crippen LogP contribution is -2.37. The van der Waals surface area contributed by atoms with Crippen molar-refractivity contribution in [3.63, 3.8) is 0 Å². The predicted molar refractivity (Wildman–Crippen MR) is 148 cm³/mol. The van der Waals surface area contributed by atoms with Crippen LogP contribution in [-0.4, -0.2) is 70.4 Å². The Balaban J connectivity index is 1.45. The summed E-state index contributed by atoms with van der Waals surface area (Å²) in [5.41, 5.74) is 2.78. The number of rotatable bonds is 7. The highest BCUT2D eigenvalue weighted by molar-refractivity contribution is 6.30. The lowest BCUT2D eigenvalue weighted by Gasteiger charge is -2.29.